The van der Waals surface area contributed by atoms with E-state index in [4.69, 9.17) is 0 Å². The molecule has 0 aliphatic carbocycles. The van der Waals surface area contributed by atoms with E-state index < -0.39 is 16.8 Å². The van der Waals surface area contributed by atoms with Gasteiger partial charge < -0.3 is 0 Å². The van der Waals surface area contributed by atoms with Crippen LogP contribution in [-0.2, 0) is 0 Å². The first-order valence-electron chi connectivity index (χ1n) is 1.90. The standard InChI is InChI=1S/C4H3BrF4/c1-2(6)4(5,9)3(7)8/h3H,1H2. The van der Waals surface area contributed by atoms with Crippen LogP contribution in [0.3, 0.4) is 0 Å². The Kier molecular flexibility index (Phi) is 2.66. The third-order valence-corrected chi connectivity index (χ3v) is 1.41. The molecular weight excluding hydrogens is 204 g/mol. The molecule has 0 aromatic rings. The first-order valence-corrected chi connectivity index (χ1v) is 2.69. The SMILES string of the molecule is C=C(F)C(F)(Br)C(F)F. The van der Waals surface area contributed by atoms with Gasteiger partial charge in [0, 0.05) is 0 Å². The van der Waals surface area contributed by atoms with Crippen molar-refractivity contribution in [3.8, 4) is 0 Å². The fourth-order valence-electron chi connectivity index (χ4n) is 0.118. The summed E-state index contributed by atoms with van der Waals surface area (Å²) in [5, 5.41) is 0. The molecule has 0 aliphatic heterocycles. The van der Waals surface area contributed by atoms with E-state index in [1.165, 1.54) is 0 Å². The van der Waals surface area contributed by atoms with Crippen molar-refractivity contribution >= 4 is 15.9 Å². The van der Waals surface area contributed by atoms with Crippen molar-refractivity contribution in [2.75, 3.05) is 0 Å². The van der Waals surface area contributed by atoms with Crippen molar-refractivity contribution in [1.82, 2.24) is 0 Å². The topological polar surface area (TPSA) is 0 Å². The molecule has 54 valence electrons. The van der Waals surface area contributed by atoms with Crippen molar-refractivity contribution < 1.29 is 17.6 Å². The molecule has 0 heterocycles. The monoisotopic (exact) mass is 206 g/mol. The molecule has 0 radical (unpaired) electrons. The van der Waals surface area contributed by atoms with Crippen LogP contribution in [0.25, 0.3) is 0 Å². The van der Waals surface area contributed by atoms with E-state index in [1.807, 2.05) is 15.9 Å². The highest BCUT2D eigenvalue weighted by Crippen LogP contribution is 2.35. The lowest BCUT2D eigenvalue weighted by molar-refractivity contribution is 0.0413. The van der Waals surface area contributed by atoms with Crippen LogP contribution in [0.4, 0.5) is 17.6 Å². The van der Waals surface area contributed by atoms with Gasteiger partial charge >= 0.3 is 0 Å². The van der Waals surface area contributed by atoms with E-state index in [0.29, 0.717) is 0 Å². The number of alkyl halides is 4. The summed E-state index contributed by atoms with van der Waals surface area (Å²) in [6, 6.07) is 0. The summed E-state index contributed by atoms with van der Waals surface area (Å²) in [7, 11) is 0. The molecule has 0 fully saturated rings. The molecule has 9 heavy (non-hydrogen) atoms. The zero-order valence-corrected chi connectivity index (χ0v) is 5.76. The largest absolute Gasteiger partial charge is 0.288 e. The van der Waals surface area contributed by atoms with Gasteiger partial charge in [0.1, 0.15) is 5.83 Å². The minimum Gasteiger partial charge on any atom is -0.217 e. The molecule has 0 spiro atoms. The van der Waals surface area contributed by atoms with Crippen LogP contribution in [-0.4, -0.2) is 11.0 Å². The normalized spacial score (nSPS) is 17.6. The molecule has 0 bridgehead atoms. The zero-order chi connectivity index (χ0) is 7.65. The third-order valence-electron chi connectivity index (χ3n) is 0.636. The highest BCUT2D eigenvalue weighted by Gasteiger charge is 2.41. The molecule has 0 aromatic heterocycles. The summed E-state index contributed by atoms with van der Waals surface area (Å²) in [5.41, 5.74) is 0. The lowest BCUT2D eigenvalue weighted by atomic mass is 10.4. The Balaban J connectivity index is 4.19. The molecule has 0 N–H and O–H groups in total. The predicted molar refractivity (Wildman–Crippen MR) is 29.0 cm³/mol. The first-order chi connectivity index (χ1) is 3.89. The van der Waals surface area contributed by atoms with Gasteiger partial charge in [-0.2, -0.15) is 0 Å². The maximum absolute atomic E-state index is 12.0. The maximum atomic E-state index is 12.0. The van der Waals surface area contributed by atoms with Crippen LogP contribution in [0.2, 0.25) is 0 Å². The summed E-state index contributed by atoms with van der Waals surface area (Å²) in [5.74, 6) is -1.72. The molecule has 0 amide bonds. The van der Waals surface area contributed by atoms with E-state index in [-0.39, 0.29) is 0 Å². The molecule has 0 rings (SSSR count). The van der Waals surface area contributed by atoms with Crippen LogP contribution < -0.4 is 0 Å². The number of hydrogen-bond acceptors (Lipinski definition) is 0. The minimum absolute atomic E-state index is 1.72. The Morgan fingerprint density at radius 2 is 1.89 bits per heavy atom. The second-order valence-corrected chi connectivity index (χ2v) is 2.48. The predicted octanol–water partition coefficient (Wildman–Crippen LogP) is 2.80. The Hall–Kier alpha value is -0.0600. The first kappa shape index (κ1) is 8.94. The van der Waals surface area contributed by atoms with Gasteiger partial charge in [-0.25, -0.2) is 17.6 Å². The Bertz CT molecular complexity index is 120. The minimum atomic E-state index is -3.44. The smallest absolute Gasteiger partial charge is 0.217 e. The van der Waals surface area contributed by atoms with Gasteiger partial charge in [0.2, 0.25) is 0 Å². The Morgan fingerprint density at radius 3 is 1.89 bits per heavy atom. The van der Waals surface area contributed by atoms with Crippen molar-refractivity contribution in [3.63, 3.8) is 0 Å². The number of allylic oxidation sites excluding steroid dienone is 1. The molecular formula is C4H3BrF4. The Labute approximate surface area is 57.7 Å². The molecule has 0 aromatic carbocycles. The van der Waals surface area contributed by atoms with Gasteiger partial charge in [0.05, 0.1) is 0 Å². The second kappa shape index (κ2) is 2.68. The van der Waals surface area contributed by atoms with E-state index in [9.17, 15) is 17.6 Å². The van der Waals surface area contributed by atoms with Gasteiger partial charge in [-0.15, -0.1) is 0 Å². The summed E-state index contributed by atoms with van der Waals surface area (Å²) < 4.78 is 43.0. The number of rotatable bonds is 2. The van der Waals surface area contributed by atoms with Crippen molar-refractivity contribution in [2.45, 2.75) is 11.0 Å². The maximum Gasteiger partial charge on any atom is 0.288 e. The summed E-state index contributed by atoms with van der Waals surface area (Å²) in [4.78, 5) is 0. The van der Waals surface area contributed by atoms with Gasteiger partial charge in [-0.1, -0.05) is 6.58 Å². The van der Waals surface area contributed by atoms with Crippen molar-refractivity contribution in [1.29, 1.82) is 0 Å². The van der Waals surface area contributed by atoms with E-state index >= 15 is 0 Å². The van der Waals surface area contributed by atoms with Crippen molar-refractivity contribution in [3.05, 3.63) is 12.4 Å². The average Bonchev–Trinajstić information content (AvgIpc) is 1.65. The molecule has 1 unspecified atom stereocenters. The van der Waals surface area contributed by atoms with E-state index in [1.54, 1.807) is 0 Å². The second-order valence-electron chi connectivity index (χ2n) is 1.33. The van der Waals surface area contributed by atoms with Crippen LogP contribution in [0.15, 0.2) is 12.4 Å². The number of hydrogen-bond donors (Lipinski definition) is 0. The quantitative estimate of drug-likeness (QED) is 0.482. The molecule has 0 saturated heterocycles. The molecule has 0 nitrogen and oxygen atoms in total. The van der Waals surface area contributed by atoms with Crippen LogP contribution >= 0.6 is 15.9 Å². The third kappa shape index (κ3) is 1.97. The lowest BCUT2D eigenvalue weighted by Gasteiger charge is -2.12. The fraction of sp³-hybridized carbons (Fsp3) is 0.500. The van der Waals surface area contributed by atoms with Gasteiger partial charge in [0.15, 0.2) is 0 Å². The molecule has 0 aliphatic rings. The summed E-state index contributed by atoms with van der Waals surface area (Å²) in [6.45, 7) is 2.38. The lowest BCUT2D eigenvalue weighted by Crippen LogP contribution is -2.24. The van der Waals surface area contributed by atoms with E-state index in [2.05, 4.69) is 6.58 Å². The zero-order valence-electron chi connectivity index (χ0n) is 4.17. The fourth-order valence-corrected chi connectivity index (χ4v) is 0.118. The molecule has 0 saturated carbocycles. The van der Waals surface area contributed by atoms with Crippen LogP contribution in [0.5, 0.6) is 0 Å². The van der Waals surface area contributed by atoms with Gasteiger partial charge in [0.25, 0.3) is 11.0 Å². The van der Waals surface area contributed by atoms with Crippen LogP contribution in [0.1, 0.15) is 0 Å². The Morgan fingerprint density at radius 1 is 1.56 bits per heavy atom. The molecule has 5 heteroatoms. The molecule has 1 atom stereocenters. The van der Waals surface area contributed by atoms with Crippen molar-refractivity contribution in [2.24, 2.45) is 0 Å². The average molecular weight is 207 g/mol. The summed E-state index contributed by atoms with van der Waals surface area (Å²) >= 11 is 1.82. The van der Waals surface area contributed by atoms with Crippen LogP contribution in [0, 0.1) is 0 Å². The highest BCUT2D eigenvalue weighted by atomic mass is 79.9. The number of halogens is 5. The van der Waals surface area contributed by atoms with Gasteiger partial charge in [-0.05, 0) is 15.9 Å². The highest BCUT2D eigenvalue weighted by molar-refractivity contribution is 9.10. The van der Waals surface area contributed by atoms with E-state index in [0.717, 1.165) is 0 Å². The van der Waals surface area contributed by atoms with Gasteiger partial charge in [-0.3, -0.25) is 0 Å². The summed E-state index contributed by atoms with van der Waals surface area (Å²) in [6.07, 6.45) is -3.44.